The highest BCUT2D eigenvalue weighted by atomic mass is 16.1. The van der Waals surface area contributed by atoms with Gasteiger partial charge in [0.1, 0.15) is 0 Å². The highest BCUT2D eigenvalue weighted by molar-refractivity contribution is 6.02. The van der Waals surface area contributed by atoms with Crippen LogP contribution in [0.4, 0.5) is 0 Å². The average molecular weight is 174 g/mol. The van der Waals surface area contributed by atoms with Crippen molar-refractivity contribution in [2.24, 2.45) is 28.9 Å². The molecule has 2 atom stereocenters. The first-order chi connectivity index (χ1) is 5.68. The standard InChI is InChI=1S/C6H12N2O.CH6N2/c7-3-1-2-4-5(8)6(4)9;2-1-3/h4-5H,1-3,7-8H2;1-3H2. The first-order valence-electron chi connectivity index (χ1n) is 4.08. The molecule has 0 aromatic heterocycles. The lowest BCUT2D eigenvalue weighted by Gasteiger charge is -1.89. The molecular formula is C7H18N4O. The third-order valence-corrected chi connectivity index (χ3v) is 1.74. The normalized spacial score (nSPS) is 26.2. The monoisotopic (exact) mass is 174 g/mol. The summed E-state index contributed by atoms with van der Waals surface area (Å²) in [6.45, 7) is 0.913. The average Bonchev–Trinajstić information content (AvgIpc) is 2.59. The van der Waals surface area contributed by atoms with Crippen molar-refractivity contribution in [2.75, 3.05) is 13.2 Å². The van der Waals surface area contributed by atoms with Crippen LogP contribution >= 0.6 is 0 Å². The fourth-order valence-electron chi connectivity index (χ4n) is 0.973. The summed E-state index contributed by atoms with van der Waals surface area (Å²) in [6, 6.07) is -0.156. The fourth-order valence-corrected chi connectivity index (χ4v) is 0.973. The van der Waals surface area contributed by atoms with Crippen LogP contribution in [0.1, 0.15) is 12.8 Å². The minimum absolute atomic E-state index is 0.147. The number of rotatable bonds is 3. The Morgan fingerprint density at radius 1 is 1.25 bits per heavy atom. The van der Waals surface area contributed by atoms with E-state index in [1.165, 1.54) is 0 Å². The maximum atomic E-state index is 10.6. The molecule has 1 fully saturated rings. The Balaban J connectivity index is 0.000000354. The Bertz CT molecular complexity index is 139. The van der Waals surface area contributed by atoms with Gasteiger partial charge in [0.2, 0.25) is 0 Å². The van der Waals surface area contributed by atoms with Gasteiger partial charge in [0.25, 0.3) is 0 Å². The zero-order valence-corrected chi connectivity index (χ0v) is 7.20. The number of Topliss-reactive ketones (excluding diaryl/α,β-unsaturated/α-hetero) is 1. The molecule has 1 aliphatic rings. The van der Waals surface area contributed by atoms with Crippen molar-refractivity contribution in [3.63, 3.8) is 0 Å². The van der Waals surface area contributed by atoms with Crippen molar-refractivity contribution in [1.29, 1.82) is 0 Å². The lowest BCUT2D eigenvalue weighted by molar-refractivity contribution is -0.111. The number of carbonyl (C=O) groups is 1. The summed E-state index contributed by atoms with van der Waals surface area (Å²) < 4.78 is 0. The van der Waals surface area contributed by atoms with E-state index in [1.54, 1.807) is 0 Å². The van der Waals surface area contributed by atoms with Crippen molar-refractivity contribution < 1.29 is 4.79 Å². The van der Waals surface area contributed by atoms with Crippen LogP contribution in [0.5, 0.6) is 0 Å². The van der Waals surface area contributed by atoms with Gasteiger partial charge < -0.3 is 22.9 Å². The molecule has 0 amide bonds. The van der Waals surface area contributed by atoms with Crippen LogP contribution in [0, 0.1) is 5.92 Å². The quantitative estimate of drug-likeness (QED) is 0.373. The van der Waals surface area contributed by atoms with Crippen LogP contribution in [-0.4, -0.2) is 25.0 Å². The van der Waals surface area contributed by atoms with Crippen LogP contribution in [0.2, 0.25) is 0 Å². The van der Waals surface area contributed by atoms with Crippen molar-refractivity contribution in [1.82, 2.24) is 0 Å². The van der Waals surface area contributed by atoms with E-state index in [1.807, 2.05) is 0 Å². The molecule has 0 radical (unpaired) electrons. The van der Waals surface area contributed by atoms with E-state index in [2.05, 4.69) is 11.5 Å². The number of ketones is 1. The molecule has 1 saturated carbocycles. The molecule has 0 bridgehead atoms. The first-order valence-corrected chi connectivity index (χ1v) is 4.08. The Kier molecular flexibility index (Phi) is 5.83. The van der Waals surface area contributed by atoms with E-state index in [9.17, 15) is 4.79 Å². The molecule has 0 aromatic rings. The molecule has 0 aliphatic heterocycles. The van der Waals surface area contributed by atoms with Crippen molar-refractivity contribution in [3.8, 4) is 0 Å². The van der Waals surface area contributed by atoms with Crippen molar-refractivity contribution >= 4 is 5.78 Å². The Morgan fingerprint density at radius 3 is 1.92 bits per heavy atom. The smallest absolute Gasteiger partial charge is 0.155 e. The van der Waals surface area contributed by atoms with Gasteiger partial charge in [-0.05, 0) is 19.4 Å². The number of hydrogen-bond acceptors (Lipinski definition) is 5. The Hall–Kier alpha value is -0.490. The van der Waals surface area contributed by atoms with Crippen LogP contribution < -0.4 is 22.9 Å². The summed E-state index contributed by atoms with van der Waals surface area (Å²) in [5.74, 6) is 0.358. The number of carbonyl (C=O) groups excluding carboxylic acids is 1. The van der Waals surface area contributed by atoms with E-state index in [0.29, 0.717) is 6.54 Å². The van der Waals surface area contributed by atoms with Crippen LogP contribution in [0.25, 0.3) is 0 Å². The third-order valence-electron chi connectivity index (χ3n) is 1.74. The lowest BCUT2D eigenvalue weighted by Crippen LogP contribution is -2.08. The zero-order valence-electron chi connectivity index (χ0n) is 7.20. The van der Waals surface area contributed by atoms with Gasteiger partial charge in [-0.2, -0.15) is 0 Å². The summed E-state index contributed by atoms with van der Waals surface area (Å²) in [4.78, 5) is 10.6. The Morgan fingerprint density at radius 2 is 1.67 bits per heavy atom. The van der Waals surface area contributed by atoms with Crippen molar-refractivity contribution in [2.45, 2.75) is 18.9 Å². The molecule has 1 aliphatic carbocycles. The summed E-state index contributed by atoms with van der Waals surface area (Å²) in [6.07, 6.45) is 1.81. The molecule has 1 rings (SSSR count). The highest BCUT2D eigenvalue weighted by Gasteiger charge is 2.44. The zero-order chi connectivity index (χ0) is 9.56. The van der Waals surface area contributed by atoms with Gasteiger partial charge in [-0.3, -0.25) is 4.79 Å². The van der Waals surface area contributed by atoms with Gasteiger partial charge in [-0.25, -0.2) is 0 Å². The van der Waals surface area contributed by atoms with Gasteiger partial charge in [-0.15, -0.1) is 0 Å². The molecule has 0 aromatic carbocycles. The molecule has 72 valence electrons. The lowest BCUT2D eigenvalue weighted by atomic mass is 10.2. The number of hydrogen-bond donors (Lipinski definition) is 4. The van der Waals surface area contributed by atoms with E-state index >= 15 is 0 Å². The van der Waals surface area contributed by atoms with Gasteiger partial charge in [-0.1, -0.05) is 0 Å². The SMILES string of the molecule is NCCCC1C(=O)C1N.NCN. The second-order valence-corrected chi connectivity index (χ2v) is 2.70. The molecule has 0 saturated heterocycles. The molecule has 12 heavy (non-hydrogen) atoms. The van der Waals surface area contributed by atoms with E-state index in [4.69, 9.17) is 11.5 Å². The van der Waals surface area contributed by atoms with Crippen LogP contribution in [-0.2, 0) is 4.79 Å². The molecule has 5 heteroatoms. The van der Waals surface area contributed by atoms with Gasteiger partial charge in [0, 0.05) is 12.6 Å². The summed E-state index contributed by atoms with van der Waals surface area (Å²) in [7, 11) is 0. The minimum Gasteiger partial charge on any atom is -0.330 e. The van der Waals surface area contributed by atoms with Crippen LogP contribution in [0.15, 0.2) is 0 Å². The molecule has 2 unspecified atom stereocenters. The summed E-state index contributed by atoms with van der Waals surface area (Å²) in [5.41, 5.74) is 19.9. The van der Waals surface area contributed by atoms with Gasteiger partial charge >= 0.3 is 0 Å². The molecule has 0 spiro atoms. The first kappa shape index (κ1) is 11.5. The van der Waals surface area contributed by atoms with Crippen molar-refractivity contribution in [3.05, 3.63) is 0 Å². The molecule has 0 heterocycles. The predicted molar refractivity (Wildman–Crippen MR) is 48.0 cm³/mol. The maximum Gasteiger partial charge on any atom is 0.155 e. The topological polar surface area (TPSA) is 121 Å². The predicted octanol–water partition coefficient (Wildman–Crippen LogP) is -1.89. The summed E-state index contributed by atoms with van der Waals surface area (Å²) in [5, 5.41) is 0. The van der Waals surface area contributed by atoms with Crippen LogP contribution in [0.3, 0.4) is 0 Å². The fraction of sp³-hybridized carbons (Fsp3) is 0.857. The Labute approximate surface area is 72.4 Å². The highest BCUT2D eigenvalue weighted by Crippen LogP contribution is 2.27. The minimum atomic E-state index is -0.156. The summed E-state index contributed by atoms with van der Waals surface area (Å²) >= 11 is 0. The third kappa shape index (κ3) is 3.77. The van der Waals surface area contributed by atoms with Gasteiger partial charge in [0.15, 0.2) is 5.78 Å². The molecule has 5 nitrogen and oxygen atoms in total. The second kappa shape index (κ2) is 6.07. The van der Waals surface area contributed by atoms with E-state index < -0.39 is 0 Å². The van der Waals surface area contributed by atoms with Gasteiger partial charge in [0.05, 0.1) is 6.04 Å². The van der Waals surface area contributed by atoms with E-state index in [0.717, 1.165) is 12.8 Å². The van der Waals surface area contributed by atoms with E-state index in [-0.39, 0.29) is 24.4 Å². The molecular weight excluding hydrogens is 156 g/mol. The second-order valence-electron chi connectivity index (χ2n) is 2.70. The molecule has 8 N–H and O–H groups in total. The number of nitrogens with two attached hydrogens (primary N) is 4. The maximum absolute atomic E-state index is 10.6. The largest absolute Gasteiger partial charge is 0.330 e.